The van der Waals surface area contributed by atoms with Crippen LogP contribution in [0.4, 0.5) is 13.2 Å². The minimum atomic E-state index is -4.24. The lowest BCUT2D eigenvalue weighted by molar-refractivity contribution is -0.138. The summed E-state index contributed by atoms with van der Waals surface area (Å²) in [6.07, 6.45) is -5.25. The highest BCUT2D eigenvalue weighted by Gasteiger charge is 2.30. The zero-order valence-corrected chi connectivity index (χ0v) is 8.92. The Balaban J connectivity index is 2.75. The molecule has 0 aliphatic rings. The highest BCUT2D eigenvalue weighted by Crippen LogP contribution is 2.28. The zero-order valence-electron chi connectivity index (χ0n) is 8.92. The lowest BCUT2D eigenvalue weighted by atomic mass is 10.0. The molecule has 0 bridgehead atoms. The van der Waals surface area contributed by atoms with Crippen molar-refractivity contribution in [2.24, 2.45) is 5.73 Å². The van der Waals surface area contributed by atoms with Crippen molar-refractivity contribution in [2.45, 2.75) is 25.2 Å². The average molecular weight is 233 g/mol. The zero-order chi connectivity index (χ0) is 12.2. The summed E-state index contributed by atoms with van der Waals surface area (Å²) in [5.74, 6) is 0. The summed E-state index contributed by atoms with van der Waals surface area (Å²) in [6.45, 7) is 0.368. The van der Waals surface area contributed by atoms with Crippen molar-refractivity contribution in [2.75, 3.05) is 7.11 Å². The molecule has 90 valence electrons. The highest BCUT2D eigenvalue weighted by molar-refractivity contribution is 5.25. The maximum atomic E-state index is 12.1. The Morgan fingerprint density at radius 3 is 2.62 bits per heavy atom. The summed E-state index contributed by atoms with van der Waals surface area (Å²) in [5.41, 5.74) is 6.78. The monoisotopic (exact) mass is 233 g/mol. The van der Waals surface area contributed by atoms with Crippen LogP contribution in [0, 0.1) is 0 Å². The summed E-state index contributed by atoms with van der Waals surface area (Å²) in [5, 5.41) is 0. The van der Waals surface area contributed by atoms with Crippen molar-refractivity contribution >= 4 is 0 Å². The summed E-state index contributed by atoms with van der Waals surface area (Å²) in [7, 11) is 1.53. The predicted molar refractivity (Wildman–Crippen MR) is 54.8 cm³/mol. The standard InChI is InChI=1S/C11H14F3NO/c1-16-7-8-3-2-4-9(5-8)10(15)6-11(12,13)14/h2-5,10H,6-7,15H2,1H3. The molecule has 16 heavy (non-hydrogen) atoms. The number of benzene rings is 1. The van der Waals surface area contributed by atoms with Crippen molar-refractivity contribution in [3.63, 3.8) is 0 Å². The molecule has 0 saturated carbocycles. The Labute approximate surface area is 92.2 Å². The van der Waals surface area contributed by atoms with Gasteiger partial charge in [0.25, 0.3) is 0 Å². The molecule has 0 fully saturated rings. The summed E-state index contributed by atoms with van der Waals surface area (Å²) in [6, 6.07) is 5.68. The number of rotatable bonds is 4. The van der Waals surface area contributed by atoms with Crippen LogP contribution in [0.25, 0.3) is 0 Å². The lowest BCUT2D eigenvalue weighted by Gasteiger charge is -2.15. The van der Waals surface area contributed by atoms with Crippen LogP contribution in [-0.4, -0.2) is 13.3 Å². The molecule has 1 unspecified atom stereocenters. The van der Waals surface area contributed by atoms with Gasteiger partial charge in [0.05, 0.1) is 13.0 Å². The number of hydrogen-bond acceptors (Lipinski definition) is 2. The molecule has 0 radical (unpaired) electrons. The van der Waals surface area contributed by atoms with Crippen molar-refractivity contribution in [1.82, 2.24) is 0 Å². The van der Waals surface area contributed by atoms with Crippen LogP contribution in [-0.2, 0) is 11.3 Å². The van der Waals surface area contributed by atoms with Crippen LogP contribution >= 0.6 is 0 Å². The minimum Gasteiger partial charge on any atom is -0.380 e. The van der Waals surface area contributed by atoms with Crippen LogP contribution in [0.2, 0.25) is 0 Å². The van der Waals surface area contributed by atoms with Gasteiger partial charge in [-0.25, -0.2) is 0 Å². The van der Waals surface area contributed by atoms with Gasteiger partial charge in [0, 0.05) is 13.2 Å². The second kappa shape index (κ2) is 5.32. The molecule has 0 heterocycles. The van der Waals surface area contributed by atoms with E-state index in [0.717, 1.165) is 5.56 Å². The molecule has 0 aromatic heterocycles. The fourth-order valence-electron chi connectivity index (χ4n) is 1.45. The van der Waals surface area contributed by atoms with E-state index in [2.05, 4.69) is 0 Å². The molecule has 0 aliphatic heterocycles. The number of alkyl halides is 3. The molecule has 0 aliphatic carbocycles. The predicted octanol–water partition coefficient (Wildman–Crippen LogP) is 2.79. The number of halogens is 3. The molecule has 0 saturated heterocycles. The normalized spacial score (nSPS) is 13.8. The van der Waals surface area contributed by atoms with Crippen molar-refractivity contribution in [1.29, 1.82) is 0 Å². The Hall–Kier alpha value is -1.07. The third-order valence-electron chi connectivity index (χ3n) is 2.14. The molecular weight excluding hydrogens is 219 g/mol. The van der Waals surface area contributed by atoms with E-state index >= 15 is 0 Å². The van der Waals surface area contributed by atoms with Gasteiger partial charge < -0.3 is 10.5 Å². The maximum absolute atomic E-state index is 12.1. The Bertz CT molecular complexity index is 338. The molecule has 0 amide bonds. The van der Waals surface area contributed by atoms with Gasteiger partial charge in [-0.3, -0.25) is 0 Å². The highest BCUT2D eigenvalue weighted by atomic mass is 19.4. The van der Waals surface area contributed by atoms with E-state index in [4.69, 9.17) is 10.5 Å². The van der Waals surface area contributed by atoms with E-state index in [1.807, 2.05) is 0 Å². The first kappa shape index (κ1) is 13.0. The van der Waals surface area contributed by atoms with Crippen LogP contribution in [0.1, 0.15) is 23.6 Å². The second-order valence-corrected chi connectivity index (χ2v) is 3.60. The SMILES string of the molecule is COCc1cccc(C(N)CC(F)(F)F)c1. The average Bonchev–Trinajstić information content (AvgIpc) is 2.16. The third-order valence-corrected chi connectivity index (χ3v) is 2.14. The van der Waals surface area contributed by atoms with E-state index < -0.39 is 18.6 Å². The summed E-state index contributed by atoms with van der Waals surface area (Å²) < 4.78 is 41.3. The summed E-state index contributed by atoms with van der Waals surface area (Å²) >= 11 is 0. The topological polar surface area (TPSA) is 35.2 Å². The molecule has 1 aromatic rings. The molecule has 1 atom stereocenters. The van der Waals surface area contributed by atoms with Crippen LogP contribution in [0.3, 0.4) is 0 Å². The number of methoxy groups -OCH3 is 1. The van der Waals surface area contributed by atoms with Gasteiger partial charge in [-0.05, 0) is 11.1 Å². The van der Waals surface area contributed by atoms with Crippen molar-refractivity contribution < 1.29 is 17.9 Å². The molecule has 1 rings (SSSR count). The van der Waals surface area contributed by atoms with E-state index in [1.54, 1.807) is 24.3 Å². The fourth-order valence-corrected chi connectivity index (χ4v) is 1.45. The van der Waals surface area contributed by atoms with E-state index in [9.17, 15) is 13.2 Å². The molecule has 2 N–H and O–H groups in total. The van der Waals surface area contributed by atoms with Crippen LogP contribution in [0.15, 0.2) is 24.3 Å². The fraction of sp³-hybridized carbons (Fsp3) is 0.455. The van der Waals surface area contributed by atoms with Gasteiger partial charge in [-0.1, -0.05) is 24.3 Å². The van der Waals surface area contributed by atoms with Crippen LogP contribution < -0.4 is 5.73 Å². The number of ether oxygens (including phenoxy) is 1. The Kier molecular flexibility index (Phi) is 4.32. The maximum Gasteiger partial charge on any atom is 0.390 e. The molecule has 5 heteroatoms. The van der Waals surface area contributed by atoms with Gasteiger partial charge >= 0.3 is 6.18 Å². The minimum absolute atomic E-state index is 0.368. The van der Waals surface area contributed by atoms with Gasteiger partial charge in [0.2, 0.25) is 0 Å². The quantitative estimate of drug-likeness (QED) is 0.867. The molecule has 2 nitrogen and oxygen atoms in total. The second-order valence-electron chi connectivity index (χ2n) is 3.60. The summed E-state index contributed by atoms with van der Waals surface area (Å²) in [4.78, 5) is 0. The van der Waals surface area contributed by atoms with Gasteiger partial charge in [0.1, 0.15) is 0 Å². The van der Waals surface area contributed by atoms with Gasteiger partial charge in [0.15, 0.2) is 0 Å². The first-order chi connectivity index (χ1) is 7.42. The van der Waals surface area contributed by atoms with Gasteiger partial charge in [-0.2, -0.15) is 13.2 Å². The Morgan fingerprint density at radius 1 is 1.38 bits per heavy atom. The van der Waals surface area contributed by atoms with E-state index in [1.165, 1.54) is 7.11 Å². The number of nitrogens with two attached hydrogens (primary N) is 1. The van der Waals surface area contributed by atoms with Crippen molar-refractivity contribution in [3.8, 4) is 0 Å². The Morgan fingerprint density at radius 2 is 2.06 bits per heavy atom. The van der Waals surface area contributed by atoms with Crippen molar-refractivity contribution in [3.05, 3.63) is 35.4 Å². The lowest BCUT2D eigenvalue weighted by Crippen LogP contribution is -2.20. The van der Waals surface area contributed by atoms with Crippen LogP contribution in [0.5, 0.6) is 0 Å². The molecular formula is C11H14F3NO. The largest absolute Gasteiger partial charge is 0.390 e. The molecule has 0 spiro atoms. The van der Waals surface area contributed by atoms with Gasteiger partial charge in [-0.15, -0.1) is 0 Å². The third kappa shape index (κ3) is 4.20. The van der Waals surface area contributed by atoms with E-state index in [-0.39, 0.29) is 0 Å². The molecule has 1 aromatic carbocycles. The number of hydrogen-bond donors (Lipinski definition) is 1. The first-order valence-electron chi connectivity index (χ1n) is 4.82. The smallest absolute Gasteiger partial charge is 0.380 e. The van der Waals surface area contributed by atoms with E-state index in [0.29, 0.717) is 12.2 Å². The first-order valence-corrected chi connectivity index (χ1v) is 4.82.